The number of ether oxygens (including phenoxy) is 1. The van der Waals surface area contributed by atoms with E-state index in [0.29, 0.717) is 6.61 Å². The van der Waals surface area contributed by atoms with Crippen LogP contribution in [0.2, 0.25) is 0 Å². The Hall–Kier alpha value is -0.520. The van der Waals surface area contributed by atoms with Gasteiger partial charge in [-0.25, -0.2) is 0 Å². The second-order valence-corrected chi connectivity index (χ2v) is 2.36. The molecule has 0 aromatic carbocycles. The van der Waals surface area contributed by atoms with Gasteiger partial charge in [-0.3, -0.25) is 0 Å². The normalized spacial score (nSPS) is 19.1. The molecule has 0 radical (unpaired) electrons. The van der Waals surface area contributed by atoms with E-state index in [1.807, 2.05) is 6.92 Å². The first-order valence-electron chi connectivity index (χ1n) is 3.36. The number of hydrogen-bond acceptors (Lipinski definition) is 2. The fourth-order valence-electron chi connectivity index (χ4n) is 0.583. The van der Waals surface area contributed by atoms with E-state index in [1.165, 1.54) is 0 Å². The van der Waals surface area contributed by atoms with Gasteiger partial charge in [0.15, 0.2) is 5.60 Å². The Bertz CT molecular complexity index is 135. The van der Waals surface area contributed by atoms with Crippen molar-refractivity contribution in [1.82, 2.24) is 0 Å². The van der Waals surface area contributed by atoms with E-state index in [4.69, 9.17) is 16.3 Å². The Morgan fingerprint density at radius 1 is 1.80 bits per heavy atom. The third kappa shape index (κ3) is 2.02. The second kappa shape index (κ2) is 3.60. The van der Waals surface area contributed by atoms with Crippen molar-refractivity contribution in [2.45, 2.75) is 32.5 Å². The van der Waals surface area contributed by atoms with E-state index in [1.54, 1.807) is 13.8 Å². The molecule has 2 unspecified atom stereocenters. The van der Waals surface area contributed by atoms with Crippen molar-refractivity contribution in [2.24, 2.45) is 0 Å². The zero-order valence-electron chi connectivity index (χ0n) is 6.72. The molecule has 0 aromatic rings. The molecule has 0 saturated heterocycles. The van der Waals surface area contributed by atoms with Crippen LogP contribution >= 0.6 is 0 Å². The molecule has 0 heterocycles. The maximum Gasteiger partial charge on any atom is 0.150 e. The van der Waals surface area contributed by atoms with E-state index >= 15 is 0 Å². The van der Waals surface area contributed by atoms with Gasteiger partial charge in [0.2, 0.25) is 0 Å². The number of aliphatic hydroxyl groups is 1. The van der Waals surface area contributed by atoms with Crippen molar-refractivity contribution in [3.8, 4) is 12.3 Å². The summed E-state index contributed by atoms with van der Waals surface area (Å²) in [6.45, 7) is 5.68. The first-order chi connectivity index (χ1) is 4.56. The predicted molar refractivity (Wildman–Crippen MR) is 40.5 cm³/mol. The fraction of sp³-hybridized carbons (Fsp3) is 0.750. The minimum absolute atomic E-state index is 0.519. The fourth-order valence-corrected chi connectivity index (χ4v) is 0.583. The molecule has 1 N–H and O–H groups in total. The van der Waals surface area contributed by atoms with Gasteiger partial charge >= 0.3 is 0 Å². The zero-order chi connectivity index (χ0) is 8.20. The summed E-state index contributed by atoms with van der Waals surface area (Å²) in [5, 5.41) is 9.14. The molecule has 10 heavy (non-hydrogen) atoms. The van der Waals surface area contributed by atoms with Gasteiger partial charge in [0.05, 0.1) is 6.10 Å². The van der Waals surface area contributed by atoms with Gasteiger partial charge in [0, 0.05) is 6.61 Å². The summed E-state index contributed by atoms with van der Waals surface area (Å²) >= 11 is 0. The molecular formula is C8H14O2. The van der Waals surface area contributed by atoms with Crippen LogP contribution in [0, 0.1) is 12.3 Å². The van der Waals surface area contributed by atoms with Crippen molar-refractivity contribution >= 4 is 0 Å². The molecule has 2 heteroatoms. The molecular weight excluding hydrogens is 128 g/mol. The largest absolute Gasteiger partial charge is 0.389 e. The van der Waals surface area contributed by atoms with Crippen LogP contribution in [0.15, 0.2) is 0 Å². The van der Waals surface area contributed by atoms with Gasteiger partial charge in [0.1, 0.15) is 0 Å². The summed E-state index contributed by atoms with van der Waals surface area (Å²) in [5.41, 5.74) is -0.825. The van der Waals surface area contributed by atoms with Crippen molar-refractivity contribution in [3.05, 3.63) is 0 Å². The molecule has 2 atom stereocenters. The number of terminal acetylenes is 1. The highest BCUT2D eigenvalue weighted by atomic mass is 16.5. The average molecular weight is 142 g/mol. The topological polar surface area (TPSA) is 29.5 Å². The van der Waals surface area contributed by atoms with Crippen LogP contribution in [0.25, 0.3) is 0 Å². The number of aliphatic hydroxyl groups excluding tert-OH is 1. The van der Waals surface area contributed by atoms with Crippen LogP contribution in [0.4, 0.5) is 0 Å². The van der Waals surface area contributed by atoms with Gasteiger partial charge in [-0.05, 0) is 20.8 Å². The van der Waals surface area contributed by atoms with E-state index in [0.717, 1.165) is 0 Å². The van der Waals surface area contributed by atoms with E-state index < -0.39 is 11.7 Å². The highest BCUT2D eigenvalue weighted by molar-refractivity contribution is 5.08. The summed E-state index contributed by atoms with van der Waals surface area (Å²) in [7, 11) is 0. The Balaban J connectivity index is 4.12. The van der Waals surface area contributed by atoms with E-state index in [-0.39, 0.29) is 0 Å². The first kappa shape index (κ1) is 9.48. The molecule has 0 saturated carbocycles. The van der Waals surface area contributed by atoms with Crippen molar-refractivity contribution in [3.63, 3.8) is 0 Å². The lowest BCUT2D eigenvalue weighted by Gasteiger charge is -2.26. The van der Waals surface area contributed by atoms with Crippen molar-refractivity contribution in [2.75, 3.05) is 6.61 Å². The molecule has 0 fully saturated rings. The third-order valence-corrected chi connectivity index (χ3v) is 1.53. The molecule has 0 bridgehead atoms. The Morgan fingerprint density at radius 2 is 2.30 bits per heavy atom. The highest BCUT2D eigenvalue weighted by Gasteiger charge is 2.27. The van der Waals surface area contributed by atoms with Crippen molar-refractivity contribution < 1.29 is 9.84 Å². The third-order valence-electron chi connectivity index (χ3n) is 1.53. The summed E-state index contributed by atoms with van der Waals surface area (Å²) in [4.78, 5) is 0. The van der Waals surface area contributed by atoms with Crippen LogP contribution < -0.4 is 0 Å². The predicted octanol–water partition coefficient (Wildman–Crippen LogP) is 0.796. The van der Waals surface area contributed by atoms with Crippen LogP contribution in [0.5, 0.6) is 0 Å². The van der Waals surface area contributed by atoms with Gasteiger partial charge in [0.25, 0.3) is 0 Å². The number of hydrogen-bond donors (Lipinski definition) is 1. The van der Waals surface area contributed by atoms with E-state index in [9.17, 15) is 0 Å². The monoisotopic (exact) mass is 142 g/mol. The standard InChI is InChI=1S/C8H14O2/c1-5-8(4,7(3)9)10-6-2/h1,7,9H,6H2,2-4H3. The highest BCUT2D eigenvalue weighted by Crippen LogP contribution is 2.13. The Kier molecular flexibility index (Phi) is 3.41. The van der Waals surface area contributed by atoms with Gasteiger partial charge in [-0.1, -0.05) is 5.92 Å². The quantitative estimate of drug-likeness (QED) is 0.590. The zero-order valence-corrected chi connectivity index (χ0v) is 6.72. The summed E-state index contributed by atoms with van der Waals surface area (Å²) in [6, 6.07) is 0. The molecule has 2 nitrogen and oxygen atoms in total. The second-order valence-electron chi connectivity index (χ2n) is 2.36. The molecule has 0 aliphatic rings. The Morgan fingerprint density at radius 3 is 2.40 bits per heavy atom. The van der Waals surface area contributed by atoms with Crippen LogP contribution in [-0.2, 0) is 4.74 Å². The summed E-state index contributed by atoms with van der Waals surface area (Å²) < 4.78 is 5.15. The van der Waals surface area contributed by atoms with Crippen LogP contribution in [0.1, 0.15) is 20.8 Å². The summed E-state index contributed by atoms with van der Waals surface area (Å²) in [5.74, 6) is 2.41. The lowest BCUT2D eigenvalue weighted by atomic mass is 10.0. The minimum atomic E-state index is -0.825. The lowest BCUT2D eigenvalue weighted by Crippen LogP contribution is -2.38. The maximum atomic E-state index is 9.14. The molecule has 0 amide bonds. The summed E-state index contributed by atoms with van der Waals surface area (Å²) in [6.07, 6.45) is 4.53. The molecule has 58 valence electrons. The van der Waals surface area contributed by atoms with Gasteiger partial charge < -0.3 is 9.84 Å². The molecule has 0 rings (SSSR count). The first-order valence-corrected chi connectivity index (χ1v) is 3.36. The van der Waals surface area contributed by atoms with E-state index in [2.05, 4.69) is 5.92 Å². The molecule has 0 aliphatic heterocycles. The number of rotatable bonds is 3. The smallest absolute Gasteiger partial charge is 0.150 e. The molecule has 0 spiro atoms. The van der Waals surface area contributed by atoms with Gasteiger partial charge in [-0.2, -0.15) is 0 Å². The average Bonchev–Trinajstić information content (AvgIpc) is 1.88. The maximum absolute atomic E-state index is 9.14. The molecule has 0 aliphatic carbocycles. The minimum Gasteiger partial charge on any atom is -0.389 e. The lowest BCUT2D eigenvalue weighted by molar-refractivity contribution is -0.0614. The van der Waals surface area contributed by atoms with Gasteiger partial charge in [-0.15, -0.1) is 6.42 Å². The molecule has 0 aromatic heterocycles. The Labute approximate surface area is 62.2 Å². The van der Waals surface area contributed by atoms with Crippen molar-refractivity contribution in [1.29, 1.82) is 0 Å². The van der Waals surface area contributed by atoms with Crippen LogP contribution in [-0.4, -0.2) is 23.4 Å². The SMILES string of the molecule is C#CC(C)(OCC)C(C)O. The van der Waals surface area contributed by atoms with Crippen LogP contribution in [0.3, 0.4) is 0 Å².